The van der Waals surface area contributed by atoms with Crippen LogP contribution in [-0.2, 0) is 16.0 Å². The van der Waals surface area contributed by atoms with Gasteiger partial charge >= 0.3 is 0 Å². The van der Waals surface area contributed by atoms with E-state index in [0.717, 1.165) is 29.5 Å². The van der Waals surface area contributed by atoms with Gasteiger partial charge in [0, 0.05) is 23.9 Å². The molecule has 1 aromatic carbocycles. The van der Waals surface area contributed by atoms with E-state index in [1.165, 1.54) is 0 Å². The summed E-state index contributed by atoms with van der Waals surface area (Å²) in [6.07, 6.45) is 3.76. The molecule has 0 amide bonds. The Bertz CT molecular complexity index is 411. The van der Waals surface area contributed by atoms with Gasteiger partial charge in [-0.15, -0.1) is 0 Å². The lowest BCUT2D eigenvalue weighted by molar-refractivity contribution is -0.121. The summed E-state index contributed by atoms with van der Waals surface area (Å²) >= 11 is 3.43. The molecule has 2 nitrogen and oxygen atoms in total. The summed E-state index contributed by atoms with van der Waals surface area (Å²) < 4.78 is 6.54. The minimum Gasteiger partial charge on any atom is -0.378 e. The minimum absolute atomic E-state index is 0.341. The lowest BCUT2D eigenvalue weighted by Gasteiger charge is -2.34. The summed E-state index contributed by atoms with van der Waals surface area (Å²) in [5.41, 5.74) is 1.09. The standard InChI is InChI=1S/C15H19BrO2/c1-2-18-15-9-12(10-15)8-14(17)7-11-4-3-5-13(16)6-11/h3-6,12,15H,2,7-10H2,1H3. The fraction of sp³-hybridized carbons (Fsp3) is 0.533. The van der Waals surface area contributed by atoms with Gasteiger partial charge in [0.25, 0.3) is 0 Å². The van der Waals surface area contributed by atoms with Crippen LogP contribution >= 0.6 is 15.9 Å². The third kappa shape index (κ3) is 3.92. The molecule has 0 saturated heterocycles. The molecule has 3 heteroatoms. The number of hydrogen-bond donors (Lipinski definition) is 0. The van der Waals surface area contributed by atoms with E-state index in [0.29, 0.717) is 30.6 Å². The molecule has 1 aliphatic rings. The topological polar surface area (TPSA) is 26.3 Å². The molecule has 2 rings (SSSR count). The second kappa shape index (κ2) is 6.48. The molecule has 0 unspecified atom stereocenters. The molecule has 0 heterocycles. The van der Waals surface area contributed by atoms with E-state index >= 15 is 0 Å². The first-order valence-electron chi connectivity index (χ1n) is 6.55. The first-order chi connectivity index (χ1) is 8.67. The molecule has 0 N–H and O–H groups in total. The first-order valence-corrected chi connectivity index (χ1v) is 7.34. The van der Waals surface area contributed by atoms with E-state index in [-0.39, 0.29) is 0 Å². The third-order valence-electron chi connectivity index (χ3n) is 3.40. The van der Waals surface area contributed by atoms with Gasteiger partial charge in [-0.1, -0.05) is 28.1 Å². The van der Waals surface area contributed by atoms with Crippen molar-refractivity contribution in [2.75, 3.05) is 6.61 Å². The molecule has 18 heavy (non-hydrogen) atoms. The molecule has 0 atom stereocenters. The summed E-state index contributed by atoms with van der Waals surface area (Å²) in [5.74, 6) is 0.884. The maximum absolute atomic E-state index is 11.9. The predicted octanol–water partition coefficient (Wildman–Crippen LogP) is 3.77. The minimum atomic E-state index is 0.341. The number of benzene rings is 1. The highest BCUT2D eigenvalue weighted by Crippen LogP contribution is 2.33. The van der Waals surface area contributed by atoms with Crippen molar-refractivity contribution in [3.05, 3.63) is 34.3 Å². The summed E-state index contributed by atoms with van der Waals surface area (Å²) in [7, 11) is 0. The lowest BCUT2D eigenvalue weighted by atomic mass is 9.78. The van der Waals surface area contributed by atoms with Gasteiger partial charge in [-0.05, 0) is 43.4 Å². The van der Waals surface area contributed by atoms with E-state index in [9.17, 15) is 4.79 Å². The SMILES string of the molecule is CCOC1CC(CC(=O)Cc2cccc(Br)c2)C1. The van der Waals surface area contributed by atoms with Gasteiger partial charge in [0.05, 0.1) is 6.10 Å². The Hall–Kier alpha value is -0.670. The van der Waals surface area contributed by atoms with E-state index in [1.807, 2.05) is 31.2 Å². The van der Waals surface area contributed by atoms with Gasteiger partial charge in [0.1, 0.15) is 5.78 Å². The molecule has 1 fully saturated rings. The van der Waals surface area contributed by atoms with Crippen molar-refractivity contribution >= 4 is 21.7 Å². The van der Waals surface area contributed by atoms with Crippen LogP contribution in [0.2, 0.25) is 0 Å². The number of ether oxygens (including phenoxy) is 1. The molecular formula is C15H19BrO2. The van der Waals surface area contributed by atoms with Crippen molar-refractivity contribution in [1.29, 1.82) is 0 Å². The summed E-state index contributed by atoms with van der Waals surface area (Å²) in [6, 6.07) is 7.97. The molecule has 0 aliphatic heterocycles. The van der Waals surface area contributed by atoms with Crippen LogP contribution in [0.15, 0.2) is 28.7 Å². The van der Waals surface area contributed by atoms with Crippen molar-refractivity contribution in [3.8, 4) is 0 Å². The zero-order chi connectivity index (χ0) is 13.0. The highest BCUT2D eigenvalue weighted by Gasteiger charge is 2.30. The Kier molecular flexibility index (Phi) is 4.95. The van der Waals surface area contributed by atoms with Crippen LogP contribution in [0.5, 0.6) is 0 Å². The number of ketones is 1. The van der Waals surface area contributed by atoms with Crippen LogP contribution in [0.3, 0.4) is 0 Å². The molecular weight excluding hydrogens is 292 g/mol. The fourth-order valence-electron chi connectivity index (χ4n) is 2.48. The van der Waals surface area contributed by atoms with Gasteiger partial charge in [-0.2, -0.15) is 0 Å². The van der Waals surface area contributed by atoms with E-state index in [4.69, 9.17) is 4.74 Å². The van der Waals surface area contributed by atoms with Crippen molar-refractivity contribution in [2.24, 2.45) is 5.92 Å². The Labute approximate surface area is 117 Å². The molecule has 0 aromatic heterocycles. The molecule has 1 saturated carbocycles. The predicted molar refractivity (Wildman–Crippen MR) is 75.6 cm³/mol. The largest absolute Gasteiger partial charge is 0.378 e. The molecule has 1 aliphatic carbocycles. The van der Waals surface area contributed by atoms with Crippen molar-refractivity contribution in [3.63, 3.8) is 0 Å². The van der Waals surface area contributed by atoms with E-state index in [2.05, 4.69) is 15.9 Å². The second-order valence-electron chi connectivity index (χ2n) is 4.96. The van der Waals surface area contributed by atoms with Gasteiger partial charge in [-0.25, -0.2) is 0 Å². The highest BCUT2D eigenvalue weighted by molar-refractivity contribution is 9.10. The average Bonchev–Trinajstić information content (AvgIpc) is 2.26. The fourth-order valence-corrected chi connectivity index (χ4v) is 2.93. The maximum atomic E-state index is 11.9. The number of hydrogen-bond acceptors (Lipinski definition) is 2. The van der Waals surface area contributed by atoms with Gasteiger partial charge in [0.15, 0.2) is 0 Å². The quantitative estimate of drug-likeness (QED) is 0.799. The average molecular weight is 311 g/mol. The third-order valence-corrected chi connectivity index (χ3v) is 3.89. The van der Waals surface area contributed by atoms with Crippen molar-refractivity contribution in [1.82, 2.24) is 0 Å². The molecule has 98 valence electrons. The smallest absolute Gasteiger partial charge is 0.137 e. The van der Waals surface area contributed by atoms with Crippen LogP contribution in [-0.4, -0.2) is 18.5 Å². The van der Waals surface area contributed by atoms with Gasteiger partial charge in [0.2, 0.25) is 0 Å². The Morgan fingerprint density at radius 1 is 1.44 bits per heavy atom. The van der Waals surface area contributed by atoms with Crippen LogP contribution in [0.1, 0.15) is 31.7 Å². The summed E-state index contributed by atoms with van der Waals surface area (Å²) in [4.78, 5) is 11.9. The number of carbonyl (C=O) groups excluding carboxylic acids is 1. The zero-order valence-corrected chi connectivity index (χ0v) is 12.3. The van der Waals surface area contributed by atoms with Gasteiger partial charge < -0.3 is 4.74 Å². The monoisotopic (exact) mass is 310 g/mol. The summed E-state index contributed by atoms with van der Waals surface area (Å²) in [6.45, 7) is 2.80. The Morgan fingerprint density at radius 3 is 2.89 bits per heavy atom. The zero-order valence-electron chi connectivity index (χ0n) is 10.7. The van der Waals surface area contributed by atoms with Crippen molar-refractivity contribution in [2.45, 2.75) is 38.7 Å². The Morgan fingerprint density at radius 2 is 2.22 bits per heavy atom. The molecule has 0 spiro atoms. The van der Waals surface area contributed by atoms with Crippen LogP contribution in [0.25, 0.3) is 0 Å². The molecule has 0 bridgehead atoms. The maximum Gasteiger partial charge on any atom is 0.137 e. The molecule has 0 radical (unpaired) electrons. The first kappa shape index (κ1) is 13.8. The lowest BCUT2D eigenvalue weighted by Crippen LogP contribution is -2.33. The molecule has 1 aromatic rings. The van der Waals surface area contributed by atoms with Crippen molar-refractivity contribution < 1.29 is 9.53 Å². The number of carbonyl (C=O) groups is 1. The number of halogens is 1. The highest BCUT2D eigenvalue weighted by atomic mass is 79.9. The number of Topliss-reactive ketones (excluding diaryl/α,β-unsaturated/α-hetero) is 1. The second-order valence-corrected chi connectivity index (χ2v) is 5.88. The van der Waals surface area contributed by atoms with Crippen LogP contribution in [0.4, 0.5) is 0 Å². The normalized spacial score (nSPS) is 22.6. The number of rotatable bonds is 6. The van der Waals surface area contributed by atoms with Crippen LogP contribution in [0, 0.1) is 5.92 Å². The van der Waals surface area contributed by atoms with E-state index in [1.54, 1.807) is 0 Å². The van der Waals surface area contributed by atoms with Gasteiger partial charge in [-0.3, -0.25) is 4.79 Å². The van der Waals surface area contributed by atoms with E-state index < -0.39 is 0 Å². The summed E-state index contributed by atoms with van der Waals surface area (Å²) in [5, 5.41) is 0. The van der Waals surface area contributed by atoms with Crippen LogP contribution < -0.4 is 0 Å². The Balaban J connectivity index is 1.73.